The summed E-state index contributed by atoms with van der Waals surface area (Å²) in [6.07, 6.45) is -0.737. The highest BCUT2D eigenvalue weighted by atomic mass is 16.5. The Balaban J connectivity index is 2.83. The number of amides is 1. The van der Waals surface area contributed by atoms with E-state index in [-0.39, 0.29) is 18.0 Å². The third kappa shape index (κ3) is 3.24. The molecule has 2 rings (SSSR count). The van der Waals surface area contributed by atoms with E-state index in [4.69, 9.17) is 4.74 Å². The van der Waals surface area contributed by atoms with Crippen LogP contribution < -0.4 is 4.74 Å². The van der Waals surface area contributed by atoms with E-state index in [2.05, 4.69) is 0 Å². The van der Waals surface area contributed by atoms with Gasteiger partial charge in [-0.05, 0) is 51.6 Å². The van der Waals surface area contributed by atoms with E-state index in [0.29, 0.717) is 16.9 Å². The van der Waals surface area contributed by atoms with Crippen molar-refractivity contribution in [3.05, 3.63) is 41.5 Å². The maximum absolute atomic E-state index is 13.4. The second-order valence-electron chi connectivity index (χ2n) is 6.66. The third-order valence-electron chi connectivity index (χ3n) is 4.27. The number of hydrogen-bond acceptors (Lipinski definition) is 3. The zero-order valence-corrected chi connectivity index (χ0v) is 15.3. The Kier molecular flexibility index (Phi) is 5.50. The molecule has 0 bridgehead atoms. The molecule has 0 aliphatic carbocycles. The van der Waals surface area contributed by atoms with Gasteiger partial charge < -0.3 is 14.7 Å². The number of carbonyl (C=O) groups excluding carboxylic acids is 1. The number of nitrogens with zero attached hydrogens (tertiary/aromatic N) is 1. The molecular weight excluding hydrogens is 302 g/mol. The van der Waals surface area contributed by atoms with Gasteiger partial charge in [-0.2, -0.15) is 0 Å². The van der Waals surface area contributed by atoms with Gasteiger partial charge in [0.2, 0.25) is 0 Å². The van der Waals surface area contributed by atoms with Crippen molar-refractivity contribution >= 4 is 16.7 Å². The number of benzene rings is 2. The van der Waals surface area contributed by atoms with Crippen molar-refractivity contribution in [2.24, 2.45) is 0 Å². The zero-order chi connectivity index (χ0) is 18.0. The second-order valence-corrected chi connectivity index (χ2v) is 6.66. The van der Waals surface area contributed by atoms with Crippen LogP contribution in [0.25, 0.3) is 10.8 Å². The average Bonchev–Trinajstić information content (AvgIpc) is 2.51. The summed E-state index contributed by atoms with van der Waals surface area (Å²) in [6, 6.07) is 9.58. The molecule has 0 aliphatic heterocycles. The summed E-state index contributed by atoms with van der Waals surface area (Å²) < 4.78 is 5.50. The fraction of sp³-hybridized carbons (Fsp3) is 0.450. The lowest BCUT2D eigenvalue weighted by atomic mass is 9.93. The smallest absolute Gasteiger partial charge is 0.255 e. The molecule has 4 heteroatoms. The predicted molar refractivity (Wildman–Crippen MR) is 97.6 cm³/mol. The van der Waals surface area contributed by atoms with Gasteiger partial charge in [0.15, 0.2) is 0 Å². The van der Waals surface area contributed by atoms with Crippen molar-refractivity contribution in [1.29, 1.82) is 0 Å². The molecule has 0 spiro atoms. The van der Waals surface area contributed by atoms with Crippen LogP contribution in [-0.4, -0.2) is 35.1 Å². The van der Waals surface area contributed by atoms with E-state index >= 15 is 0 Å². The Morgan fingerprint density at radius 3 is 2.17 bits per heavy atom. The SMILES string of the molecule is COc1cccc2ccc(C(C)O)c(C(=O)N(C(C)C)C(C)C)c12. The van der Waals surface area contributed by atoms with Crippen molar-refractivity contribution in [2.75, 3.05) is 7.11 Å². The summed E-state index contributed by atoms with van der Waals surface area (Å²) in [5, 5.41) is 11.9. The van der Waals surface area contributed by atoms with E-state index in [1.165, 1.54) is 0 Å². The number of rotatable bonds is 5. The van der Waals surface area contributed by atoms with E-state index in [1.54, 1.807) is 14.0 Å². The van der Waals surface area contributed by atoms with Gasteiger partial charge in [-0.25, -0.2) is 0 Å². The molecule has 4 nitrogen and oxygen atoms in total. The van der Waals surface area contributed by atoms with Gasteiger partial charge in [0.05, 0.1) is 18.8 Å². The van der Waals surface area contributed by atoms with Gasteiger partial charge in [0, 0.05) is 17.5 Å². The normalized spacial score (nSPS) is 12.7. The van der Waals surface area contributed by atoms with Crippen LogP contribution in [0.15, 0.2) is 30.3 Å². The summed E-state index contributed by atoms with van der Waals surface area (Å²) in [7, 11) is 1.60. The topological polar surface area (TPSA) is 49.8 Å². The molecule has 1 N–H and O–H groups in total. The summed E-state index contributed by atoms with van der Waals surface area (Å²) in [5.74, 6) is 0.566. The maximum atomic E-state index is 13.4. The minimum Gasteiger partial charge on any atom is -0.496 e. The average molecular weight is 329 g/mol. The van der Waals surface area contributed by atoms with E-state index < -0.39 is 6.10 Å². The number of hydrogen-bond donors (Lipinski definition) is 1. The van der Waals surface area contributed by atoms with Crippen LogP contribution in [0, 0.1) is 0 Å². The van der Waals surface area contributed by atoms with Gasteiger partial charge in [-0.1, -0.05) is 24.3 Å². The largest absolute Gasteiger partial charge is 0.496 e. The molecule has 2 aromatic carbocycles. The molecular formula is C20H27NO3. The van der Waals surface area contributed by atoms with Crippen LogP contribution >= 0.6 is 0 Å². The van der Waals surface area contributed by atoms with Crippen LogP contribution in [0.4, 0.5) is 0 Å². The van der Waals surface area contributed by atoms with Crippen LogP contribution in [0.3, 0.4) is 0 Å². The highest BCUT2D eigenvalue weighted by Gasteiger charge is 2.28. The Morgan fingerprint density at radius 2 is 1.67 bits per heavy atom. The lowest BCUT2D eigenvalue weighted by Gasteiger charge is -2.32. The van der Waals surface area contributed by atoms with Gasteiger partial charge in [-0.3, -0.25) is 4.79 Å². The highest BCUT2D eigenvalue weighted by molar-refractivity contribution is 6.10. The van der Waals surface area contributed by atoms with E-state index in [9.17, 15) is 9.90 Å². The maximum Gasteiger partial charge on any atom is 0.255 e. The minimum atomic E-state index is -0.737. The summed E-state index contributed by atoms with van der Waals surface area (Å²) in [6.45, 7) is 9.69. The third-order valence-corrected chi connectivity index (χ3v) is 4.27. The molecule has 2 aromatic rings. The molecule has 0 aliphatic rings. The first-order valence-electron chi connectivity index (χ1n) is 8.39. The molecule has 1 atom stereocenters. The van der Waals surface area contributed by atoms with Gasteiger partial charge in [-0.15, -0.1) is 0 Å². The Bertz CT molecular complexity index is 727. The van der Waals surface area contributed by atoms with Crippen molar-refractivity contribution in [3.8, 4) is 5.75 Å². The first-order valence-corrected chi connectivity index (χ1v) is 8.39. The lowest BCUT2D eigenvalue weighted by Crippen LogP contribution is -2.42. The van der Waals surface area contributed by atoms with Crippen molar-refractivity contribution in [2.45, 2.75) is 52.8 Å². The van der Waals surface area contributed by atoms with Gasteiger partial charge in [0.25, 0.3) is 5.91 Å². The van der Waals surface area contributed by atoms with Crippen LogP contribution in [0.1, 0.15) is 56.6 Å². The van der Waals surface area contributed by atoms with E-state index in [1.807, 2.05) is 62.9 Å². The monoisotopic (exact) mass is 329 g/mol. The second kappa shape index (κ2) is 7.22. The molecule has 130 valence electrons. The highest BCUT2D eigenvalue weighted by Crippen LogP contribution is 2.34. The van der Waals surface area contributed by atoms with Crippen molar-refractivity contribution in [3.63, 3.8) is 0 Å². The number of methoxy groups -OCH3 is 1. The minimum absolute atomic E-state index is 0.0595. The standard InChI is InChI=1S/C20H27NO3/c1-12(2)21(13(3)4)20(23)19-16(14(5)22)11-10-15-8-7-9-17(24-6)18(15)19/h7-14,22H,1-6H3. The van der Waals surface area contributed by atoms with Crippen LogP contribution in [-0.2, 0) is 0 Å². The van der Waals surface area contributed by atoms with Gasteiger partial charge >= 0.3 is 0 Å². The number of aliphatic hydroxyl groups is 1. The molecule has 1 amide bonds. The van der Waals surface area contributed by atoms with Crippen molar-refractivity contribution < 1.29 is 14.6 Å². The molecule has 0 heterocycles. The Hall–Kier alpha value is -2.07. The predicted octanol–water partition coefficient (Wildman–Crippen LogP) is 4.16. The number of fused-ring (bicyclic) bond motifs is 1. The fourth-order valence-electron chi connectivity index (χ4n) is 3.30. The first-order chi connectivity index (χ1) is 11.3. The lowest BCUT2D eigenvalue weighted by molar-refractivity contribution is 0.0639. The number of ether oxygens (including phenoxy) is 1. The number of aliphatic hydroxyl groups excluding tert-OH is 1. The molecule has 0 saturated heterocycles. The Morgan fingerprint density at radius 1 is 1.04 bits per heavy atom. The van der Waals surface area contributed by atoms with Gasteiger partial charge in [0.1, 0.15) is 5.75 Å². The zero-order valence-electron chi connectivity index (χ0n) is 15.3. The Labute approximate surface area is 144 Å². The van der Waals surface area contributed by atoms with Crippen LogP contribution in [0.2, 0.25) is 0 Å². The van der Waals surface area contributed by atoms with Crippen molar-refractivity contribution in [1.82, 2.24) is 4.90 Å². The first kappa shape index (κ1) is 18.3. The summed E-state index contributed by atoms with van der Waals surface area (Å²) in [4.78, 5) is 15.2. The molecule has 0 aromatic heterocycles. The van der Waals surface area contributed by atoms with Crippen LogP contribution in [0.5, 0.6) is 5.75 Å². The molecule has 0 fully saturated rings. The molecule has 0 saturated carbocycles. The summed E-state index contributed by atoms with van der Waals surface area (Å²) >= 11 is 0. The molecule has 0 radical (unpaired) electrons. The molecule has 24 heavy (non-hydrogen) atoms. The molecule has 1 unspecified atom stereocenters. The van der Waals surface area contributed by atoms with E-state index in [0.717, 1.165) is 10.8 Å². The fourth-order valence-corrected chi connectivity index (χ4v) is 3.30. The summed E-state index contributed by atoms with van der Waals surface area (Å²) in [5.41, 5.74) is 1.16. The quantitative estimate of drug-likeness (QED) is 0.896. The number of carbonyl (C=O) groups is 1.